The van der Waals surface area contributed by atoms with Crippen molar-refractivity contribution in [1.29, 1.82) is 0 Å². The summed E-state index contributed by atoms with van der Waals surface area (Å²) in [7, 11) is 0. The fraction of sp³-hybridized carbons (Fsp3) is 0. The van der Waals surface area contributed by atoms with Gasteiger partial charge >= 0.3 is 5.97 Å². The first-order valence-electron chi connectivity index (χ1n) is 9.94. The van der Waals surface area contributed by atoms with E-state index < -0.39 is 5.97 Å². The molecule has 0 atom stereocenters. The topological polar surface area (TPSA) is 60.4 Å². The highest BCUT2D eigenvalue weighted by Gasteiger charge is 2.11. The molecule has 0 aliphatic heterocycles. The van der Waals surface area contributed by atoms with Gasteiger partial charge in [-0.1, -0.05) is 37.4 Å². The molecule has 33 heavy (non-hydrogen) atoms. The predicted molar refractivity (Wildman–Crippen MR) is 135 cm³/mol. The summed E-state index contributed by atoms with van der Waals surface area (Å²) in [4.78, 5) is 37.3. The zero-order valence-electron chi connectivity index (χ0n) is 17.4. The van der Waals surface area contributed by atoms with Crippen LogP contribution >= 0.6 is 23.5 Å². The average Bonchev–Trinajstić information content (AvgIpc) is 2.83. The Morgan fingerprint density at radius 1 is 0.697 bits per heavy atom. The first kappa shape index (κ1) is 22.6. The third-order valence-corrected chi connectivity index (χ3v) is 6.62. The molecule has 0 aromatic heterocycles. The summed E-state index contributed by atoms with van der Waals surface area (Å²) < 4.78 is 5.03. The third kappa shape index (κ3) is 5.25. The maximum atomic E-state index is 12.7. The SMILES string of the molecule is C=CC(=O)Oc1ccc(C(=O)Sc2ccc3c(ccc4cc(SC(=O)C=C)ccc43)c2)cc1. The lowest BCUT2D eigenvalue weighted by Gasteiger charge is -2.08. The summed E-state index contributed by atoms with van der Waals surface area (Å²) in [6.07, 6.45) is 2.39. The minimum atomic E-state index is -0.549. The number of benzene rings is 4. The zero-order chi connectivity index (χ0) is 23.4. The lowest BCUT2D eigenvalue weighted by molar-refractivity contribution is -0.129. The minimum absolute atomic E-state index is 0.0890. The average molecular weight is 471 g/mol. The van der Waals surface area contributed by atoms with Crippen molar-refractivity contribution < 1.29 is 19.1 Å². The van der Waals surface area contributed by atoms with Crippen LogP contribution in [0.4, 0.5) is 0 Å². The Kier molecular flexibility index (Phi) is 6.77. The quantitative estimate of drug-likeness (QED) is 0.101. The predicted octanol–water partition coefficient (Wildman–Crippen LogP) is 6.82. The van der Waals surface area contributed by atoms with Crippen LogP contribution in [0.1, 0.15) is 10.4 Å². The number of carbonyl (C=O) groups is 3. The van der Waals surface area contributed by atoms with Crippen LogP contribution in [0.5, 0.6) is 5.75 Å². The lowest BCUT2D eigenvalue weighted by Crippen LogP contribution is -2.03. The Labute approximate surface area is 199 Å². The highest BCUT2D eigenvalue weighted by atomic mass is 32.2. The van der Waals surface area contributed by atoms with Crippen molar-refractivity contribution in [1.82, 2.24) is 0 Å². The number of rotatable bonds is 6. The molecule has 4 aromatic carbocycles. The number of hydrogen-bond acceptors (Lipinski definition) is 6. The normalized spacial score (nSPS) is 10.7. The van der Waals surface area contributed by atoms with Gasteiger partial charge in [0.15, 0.2) is 0 Å². The molecule has 162 valence electrons. The third-order valence-electron chi connectivity index (χ3n) is 4.85. The van der Waals surface area contributed by atoms with Crippen molar-refractivity contribution in [2.75, 3.05) is 0 Å². The van der Waals surface area contributed by atoms with Gasteiger partial charge in [-0.3, -0.25) is 9.59 Å². The van der Waals surface area contributed by atoms with E-state index in [1.54, 1.807) is 24.3 Å². The largest absolute Gasteiger partial charge is 0.423 e. The van der Waals surface area contributed by atoms with Gasteiger partial charge in [-0.25, -0.2) is 4.79 Å². The lowest BCUT2D eigenvalue weighted by atomic mass is 10.0. The molecule has 0 saturated carbocycles. The van der Waals surface area contributed by atoms with Crippen LogP contribution in [0, 0.1) is 0 Å². The molecular formula is C27H18O4S2. The van der Waals surface area contributed by atoms with Gasteiger partial charge in [0.1, 0.15) is 5.75 Å². The van der Waals surface area contributed by atoms with Crippen LogP contribution in [0.2, 0.25) is 0 Å². The molecule has 4 aromatic rings. The number of ether oxygens (including phenoxy) is 1. The van der Waals surface area contributed by atoms with Crippen LogP contribution < -0.4 is 4.74 Å². The van der Waals surface area contributed by atoms with E-state index in [2.05, 4.69) is 13.2 Å². The van der Waals surface area contributed by atoms with E-state index in [0.717, 1.165) is 60.9 Å². The van der Waals surface area contributed by atoms with Gasteiger partial charge in [-0.2, -0.15) is 0 Å². The zero-order valence-corrected chi connectivity index (χ0v) is 19.1. The van der Waals surface area contributed by atoms with Gasteiger partial charge < -0.3 is 4.74 Å². The van der Waals surface area contributed by atoms with Crippen LogP contribution in [0.3, 0.4) is 0 Å². The van der Waals surface area contributed by atoms with Crippen molar-refractivity contribution in [3.8, 4) is 5.75 Å². The Hall–Kier alpha value is -3.61. The molecule has 6 heteroatoms. The fourth-order valence-electron chi connectivity index (χ4n) is 3.30. The van der Waals surface area contributed by atoms with Crippen molar-refractivity contribution >= 4 is 61.3 Å². The molecule has 0 aliphatic rings. The Bertz CT molecular complexity index is 1420. The molecule has 0 radical (unpaired) electrons. The molecule has 0 N–H and O–H groups in total. The summed E-state index contributed by atoms with van der Waals surface area (Å²) >= 11 is 2.29. The molecule has 0 unspecified atom stereocenters. The van der Waals surface area contributed by atoms with E-state index in [1.165, 1.54) is 6.08 Å². The molecule has 4 rings (SSSR count). The Morgan fingerprint density at radius 3 is 1.82 bits per heavy atom. The molecule has 4 nitrogen and oxygen atoms in total. The first-order valence-corrected chi connectivity index (χ1v) is 11.6. The second-order valence-corrected chi connectivity index (χ2v) is 9.12. The van der Waals surface area contributed by atoms with E-state index in [-0.39, 0.29) is 10.2 Å². The van der Waals surface area contributed by atoms with Crippen LogP contribution in [0.25, 0.3) is 21.5 Å². The van der Waals surface area contributed by atoms with E-state index in [9.17, 15) is 14.4 Å². The first-order chi connectivity index (χ1) is 16.0. The summed E-state index contributed by atoms with van der Waals surface area (Å²) in [6, 6.07) is 22.3. The number of hydrogen-bond donors (Lipinski definition) is 0. The van der Waals surface area contributed by atoms with E-state index in [1.807, 2.05) is 48.5 Å². The van der Waals surface area contributed by atoms with Gasteiger partial charge in [0, 0.05) is 21.4 Å². The van der Waals surface area contributed by atoms with Gasteiger partial charge in [0.05, 0.1) is 0 Å². The van der Waals surface area contributed by atoms with Crippen LogP contribution in [-0.4, -0.2) is 16.2 Å². The molecule has 0 amide bonds. The summed E-state index contributed by atoms with van der Waals surface area (Å²) in [5.74, 6) is -0.193. The van der Waals surface area contributed by atoms with Gasteiger partial charge in [-0.15, -0.1) is 0 Å². The second-order valence-electron chi connectivity index (χ2n) is 7.00. The monoisotopic (exact) mass is 470 g/mol. The van der Waals surface area contributed by atoms with Gasteiger partial charge in [0.25, 0.3) is 0 Å². The highest BCUT2D eigenvalue weighted by Crippen LogP contribution is 2.33. The highest BCUT2D eigenvalue weighted by molar-refractivity contribution is 8.14. The summed E-state index contributed by atoms with van der Waals surface area (Å²) in [5, 5.41) is 4.02. The van der Waals surface area contributed by atoms with Crippen molar-refractivity contribution in [3.63, 3.8) is 0 Å². The smallest absolute Gasteiger partial charge is 0.335 e. The Morgan fingerprint density at radius 2 is 1.27 bits per heavy atom. The van der Waals surface area contributed by atoms with Crippen LogP contribution in [-0.2, 0) is 9.59 Å². The maximum absolute atomic E-state index is 12.7. The number of thioether (sulfide) groups is 2. The minimum Gasteiger partial charge on any atom is -0.423 e. The Balaban J connectivity index is 1.54. The maximum Gasteiger partial charge on any atom is 0.335 e. The summed E-state index contributed by atoms with van der Waals surface area (Å²) in [6.45, 7) is 6.86. The number of carbonyl (C=O) groups excluding carboxylic acids is 3. The molecule has 0 saturated heterocycles. The molecule has 0 fully saturated rings. The molecular weight excluding hydrogens is 452 g/mol. The summed E-state index contributed by atoms with van der Waals surface area (Å²) in [5.41, 5.74) is 0.510. The number of esters is 1. The molecule has 0 spiro atoms. The van der Waals surface area contributed by atoms with Gasteiger partial charge in [0.2, 0.25) is 10.2 Å². The standard InChI is InChI=1S/C27H18O4S2/c1-3-25(28)31-20-9-7-17(8-10-20)27(30)33-22-12-14-24-19(16-22)6-5-18-15-21(11-13-23(18)24)32-26(29)4-2/h3-16H,1-2H2. The van der Waals surface area contributed by atoms with Crippen molar-refractivity contribution in [2.24, 2.45) is 0 Å². The molecule has 0 aliphatic carbocycles. The molecule has 0 heterocycles. The second kappa shape index (κ2) is 9.90. The van der Waals surface area contributed by atoms with E-state index in [0.29, 0.717) is 11.3 Å². The molecule has 0 bridgehead atoms. The van der Waals surface area contributed by atoms with Crippen molar-refractivity contribution in [3.05, 3.63) is 104 Å². The van der Waals surface area contributed by atoms with E-state index in [4.69, 9.17) is 4.74 Å². The van der Waals surface area contributed by atoms with Gasteiger partial charge in [-0.05, 0) is 99.7 Å². The van der Waals surface area contributed by atoms with E-state index >= 15 is 0 Å². The van der Waals surface area contributed by atoms with Crippen LogP contribution in [0.15, 0.2) is 108 Å². The number of fused-ring (bicyclic) bond motifs is 3. The van der Waals surface area contributed by atoms with Crippen molar-refractivity contribution in [2.45, 2.75) is 9.79 Å². The fourth-order valence-corrected chi connectivity index (χ4v) is 4.72.